The summed E-state index contributed by atoms with van der Waals surface area (Å²) in [5.41, 5.74) is 0.709. The molecule has 78 valence electrons. The molecule has 0 heterocycles. The van der Waals surface area contributed by atoms with Crippen molar-refractivity contribution in [3.63, 3.8) is 0 Å². The SMILES string of the molecule is CCNc1cc(F)ccc1OC(C)C. The first-order valence-electron chi connectivity index (χ1n) is 4.83. The maximum Gasteiger partial charge on any atom is 0.142 e. The minimum atomic E-state index is -0.253. The van der Waals surface area contributed by atoms with Crippen molar-refractivity contribution in [3.8, 4) is 5.75 Å². The zero-order valence-electron chi connectivity index (χ0n) is 8.80. The Kier molecular flexibility index (Phi) is 3.74. The molecule has 1 N–H and O–H groups in total. The van der Waals surface area contributed by atoms with Crippen molar-refractivity contribution in [3.05, 3.63) is 24.0 Å². The summed E-state index contributed by atoms with van der Waals surface area (Å²) in [7, 11) is 0. The first kappa shape index (κ1) is 10.8. The van der Waals surface area contributed by atoms with Gasteiger partial charge in [0.2, 0.25) is 0 Å². The topological polar surface area (TPSA) is 21.3 Å². The summed E-state index contributed by atoms with van der Waals surface area (Å²) < 4.78 is 18.4. The minimum Gasteiger partial charge on any atom is -0.489 e. The number of benzene rings is 1. The molecule has 0 saturated heterocycles. The lowest BCUT2D eigenvalue weighted by atomic mass is 10.2. The van der Waals surface area contributed by atoms with E-state index in [2.05, 4.69) is 5.32 Å². The fourth-order valence-electron chi connectivity index (χ4n) is 1.19. The van der Waals surface area contributed by atoms with Gasteiger partial charge in [0.1, 0.15) is 11.6 Å². The van der Waals surface area contributed by atoms with E-state index in [4.69, 9.17) is 4.74 Å². The predicted molar refractivity (Wildman–Crippen MR) is 56.3 cm³/mol. The highest BCUT2D eigenvalue weighted by atomic mass is 19.1. The van der Waals surface area contributed by atoms with Crippen molar-refractivity contribution >= 4 is 5.69 Å². The second kappa shape index (κ2) is 4.84. The van der Waals surface area contributed by atoms with Crippen LogP contribution in [0.15, 0.2) is 18.2 Å². The average molecular weight is 197 g/mol. The highest BCUT2D eigenvalue weighted by molar-refractivity contribution is 5.56. The molecule has 1 aromatic carbocycles. The van der Waals surface area contributed by atoms with Gasteiger partial charge in [-0.15, -0.1) is 0 Å². The van der Waals surface area contributed by atoms with E-state index in [0.717, 1.165) is 6.54 Å². The zero-order chi connectivity index (χ0) is 10.6. The largest absolute Gasteiger partial charge is 0.489 e. The van der Waals surface area contributed by atoms with E-state index in [1.165, 1.54) is 12.1 Å². The van der Waals surface area contributed by atoms with Crippen LogP contribution in [0.25, 0.3) is 0 Å². The molecule has 0 aliphatic carbocycles. The van der Waals surface area contributed by atoms with Crippen molar-refractivity contribution in [1.82, 2.24) is 0 Å². The van der Waals surface area contributed by atoms with Crippen molar-refractivity contribution in [2.75, 3.05) is 11.9 Å². The molecule has 0 amide bonds. The molecule has 0 fully saturated rings. The summed E-state index contributed by atoms with van der Waals surface area (Å²) >= 11 is 0. The minimum absolute atomic E-state index is 0.0952. The maximum absolute atomic E-state index is 12.9. The van der Waals surface area contributed by atoms with Crippen molar-refractivity contribution in [2.24, 2.45) is 0 Å². The second-order valence-corrected chi connectivity index (χ2v) is 3.34. The van der Waals surface area contributed by atoms with Gasteiger partial charge in [0.25, 0.3) is 0 Å². The molecule has 0 atom stereocenters. The smallest absolute Gasteiger partial charge is 0.142 e. The van der Waals surface area contributed by atoms with Crippen molar-refractivity contribution < 1.29 is 9.13 Å². The number of hydrogen-bond acceptors (Lipinski definition) is 2. The van der Waals surface area contributed by atoms with Crippen LogP contribution in [0.4, 0.5) is 10.1 Å². The molecule has 1 rings (SSSR count). The third-order valence-corrected chi connectivity index (χ3v) is 1.67. The number of nitrogens with one attached hydrogen (secondary N) is 1. The Morgan fingerprint density at radius 1 is 1.43 bits per heavy atom. The molecular formula is C11H16FNO. The highest BCUT2D eigenvalue weighted by Gasteiger charge is 2.05. The van der Waals surface area contributed by atoms with Gasteiger partial charge in [0.15, 0.2) is 0 Å². The fraction of sp³-hybridized carbons (Fsp3) is 0.455. The molecule has 0 radical (unpaired) electrons. The molecule has 1 aromatic rings. The monoisotopic (exact) mass is 197 g/mol. The van der Waals surface area contributed by atoms with Crippen LogP contribution in [0.5, 0.6) is 5.75 Å². The summed E-state index contributed by atoms with van der Waals surface area (Å²) in [5, 5.41) is 3.06. The van der Waals surface area contributed by atoms with Crippen LogP contribution in [-0.4, -0.2) is 12.6 Å². The van der Waals surface area contributed by atoms with Gasteiger partial charge >= 0.3 is 0 Å². The zero-order valence-corrected chi connectivity index (χ0v) is 8.80. The van der Waals surface area contributed by atoms with Gasteiger partial charge in [-0.05, 0) is 32.9 Å². The van der Waals surface area contributed by atoms with E-state index in [9.17, 15) is 4.39 Å². The summed E-state index contributed by atoms with van der Waals surface area (Å²) in [5.74, 6) is 0.445. The summed E-state index contributed by atoms with van der Waals surface area (Å²) in [6, 6.07) is 4.49. The van der Waals surface area contributed by atoms with E-state index >= 15 is 0 Å². The molecule has 0 unspecified atom stereocenters. The predicted octanol–water partition coefficient (Wildman–Crippen LogP) is 3.04. The van der Waals surface area contributed by atoms with Crippen LogP contribution in [0, 0.1) is 5.82 Å². The van der Waals surface area contributed by atoms with E-state index in [0.29, 0.717) is 11.4 Å². The molecule has 2 nitrogen and oxygen atoms in total. The van der Waals surface area contributed by atoms with Gasteiger partial charge in [0.05, 0.1) is 11.8 Å². The second-order valence-electron chi connectivity index (χ2n) is 3.34. The maximum atomic E-state index is 12.9. The molecular weight excluding hydrogens is 181 g/mol. The number of ether oxygens (including phenoxy) is 1. The Morgan fingerprint density at radius 3 is 2.71 bits per heavy atom. The van der Waals surface area contributed by atoms with Gasteiger partial charge in [-0.2, -0.15) is 0 Å². The van der Waals surface area contributed by atoms with Gasteiger partial charge in [-0.1, -0.05) is 0 Å². The first-order valence-corrected chi connectivity index (χ1v) is 4.83. The van der Waals surface area contributed by atoms with Crippen LogP contribution in [0.3, 0.4) is 0 Å². The van der Waals surface area contributed by atoms with Gasteiger partial charge in [0, 0.05) is 12.6 Å². The highest BCUT2D eigenvalue weighted by Crippen LogP contribution is 2.25. The summed E-state index contributed by atoms with van der Waals surface area (Å²) in [6.07, 6.45) is 0.0952. The van der Waals surface area contributed by atoms with Crippen molar-refractivity contribution in [2.45, 2.75) is 26.9 Å². The Morgan fingerprint density at radius 2 is 2.14 bits per heavy atom. The summed E-state index contributed by atoms with van der Waals surface area (Å²) in [4.78, 5) is 0. The first-order chi connectivity index (χ1) is 6.63. The van der Waals surface area contributed by atoms with Crippen LogP contribution in [0.1, 0.15) is 20.8 Å². The van der Waals surface area contributed by atoms with Crippen LogP contribution in [-0.2, 0) is 0 Å². The number of hydrogen-bond donors (Lipinski definition) is 1. The van der Waals surface area contributed by atoms with Crippen LogP contribution in [0.2, 0.25) is 0 Å². The Hall–Kier alpha value is -1.25. The van der Waals surface area contributed by atoms with E-state index in [1.807, 2.05) is 20.8 Å². The lowest BCUT2D eigenvalue weighted by molar-refractivity contribution is 0.243. The van der Waals surface area contributed by atoms with E-state index < -0.39 is 0 Å². The fourth-order valence-corrected chi connectivity index (χ4v) is 1.19. The Labute approximate surface area is 84.1 Å². The third kappa shape index (κ3) is 2.91. The lowest BCUT2D eigenvalue weighted by Gasteiger charge is -2.14. The molecule has 14 heavy (non-hydrogen) atoms. The van der Waals surface area contributed by atoms with Crippen molar-refractivity contribution in [1.29, 1.82) is 0 Å². The lowest BCUT2D eigenvalue weighted by Crippen LogP contribution is -2.08. The molecule has 0 saturated carbocycles. The number of rotatable bonds is 4. The standard InChI is InChI=1S/C11H16FNO/c1-4-13-10-7-9(12)5-6-11(10)14-8(2)3/h5-8,13H,4H2,1-3H3. The third-order valence-electron chi connectivity index (χ3n) is 1.67. The van der Waals surface area contributed by atoms with E-state index in [1.54, 1.807) is 6.07 Å². The Bertz CT molecular complexity index is 299. The summed E-state index contributed by atoms with van der Waals surface area (Å²) in [6.45, 7) is 6.60. The molecule has 0 bridgehead atoms. The number of halogens is 1. The van der Waals surface area contributed by atoms with Crippen LogP contribution < -0.4 is 10.1 Å². The van der Waals surface area contributed by atoms with Gasteiger partial charge in [-0.25, -0.2) is 4.39 Å². The molecule has 0 spiro atoms. The van der Waals surface area contributed by atoms with Gasteiger partial charge < -0.3 is 10.1 Å². The van der Waals surface area contributed by atoms with Gasteiger partial charge in [-0.3, -0.25) is 0 Å². The molecule has 0 aliphatic rings. The van der Waals surface area contributed by atoms with E-state index in [-0.39, 0.29) is 11.9 Å². The average Bonchev–Trinajstić information content (AvgIpc) is 2.09. The quantitative estimate of drug-likeness (QED) is 0.801. The molecule has 3 heteroatoms. The molecule has 0 aromatic heterocycles. The normalized spacial score (nSPS) is 10.4. The van der Waals surface area contributed by atoms with Crippen LogP contribution >= 0.6 is 0 Å². The molecule has 0 aliphatic heterocycles. The Balaban J connectivity index is 2.89. The number of anilines is 1.